The summed E-state index contributed by atoms with van der Waals surface area (Å²) in [5.74, 6) is 0.783. The van der Waals surface area contributed by atoms with Crippen LogP contribution in [0.15, 0.2) is 28.8 Å². The Balaban J connectivity index is 0.00000162. The van der Waals surface area contributed by atoms with E-state index in [4.69, 9.17) is 26.6 Å². The van der Waals surface area contributed by atoms with Gasteiger partial charge < -0.3 is 15.0 Å². The van der Waals surface area contributed by atoms with Crippen LogP contribution in [0, 0.1) is 0 Å². The molecule has 0 amide bonds. The average Bonchev–Trinajstić information content (AvgIpc) is 2.81. The molecule has 0 saturated heterocycles. The molecular formula is C11H13Cl2N3O2. The molecule has 0 bridgehead atoms. The molecule has 1 unspecified atom stereocenters. The molecule has 0 saturated carbocycles. The van der Waals surface area contributed by atoms with Gasteiger partial charge in [0.05, 0.1) is 5.02 Å². The second-order valence-electron chi connectivity index (χ2n) is 3.40. The molecule has 0 fully saturated rings. The molecule has 1 atom stereocenters. The molecule has 7 heteroatoms. The Kier molecular flexibility index (Phi) is 5.55. The molecule has 2 N–H and O–H groups in total. The van der Waals surface area contributed by atoms with E-state index in [1.165, 1.54) is 7.11 Å². The highest BCUT2D eigenvalue weighted by atomic mass is 35.5. The highest BCUT2D eigenvalue weighted by Gasteiger charge is 2.18. The van der Waals surface area contributed by atoms with E-state index in [-0.39, 0.29) is 19.0 Å². The quantitative estimate of drug-likeness (QED) is 0.936. The zero-order chi connectivity index (χ0) is 12.3. The van der Waals surface area contributed by atoms with Crippen molar-refractivity contribution in [1.82, 2.24) is 10.1 Å². The maximum absolute atomic E-state index is 6.04. The number of hydrogen-bond acceptors (Lipinski definition) is 5. The highest BCUT2D eigenvalue weighted by Crippen LogP contribution is 2.26. The minimum absolute atomic E-state index is 0. The Bertz CT molecular complexity index is 501. The molecule has 0 aliphatic rings. The molecule has 98 valence electrons. The first-order chi connectivity index (χ1) is 8.26. The Hall–Kier alpha value is -1.14. The number of ether oxygens (including phenoxy) is 1. The van der Waals surface area contributed by atoms with Crippen molar-refractivity contribution in [1.29, 1.82) is 0 Å². The maximum Gasteiger partial charge on any atom is 0.257 e. The minimum Gasteiger partial charge on any atom is -0.370 e. The van der Waals surface area contributed by atoms with Gasteiger partial charge in [0.25, 0.3) is 5.89 Å². The van der Waals surface area contributed by atoms with E-state index in [1.807, 2.05) is 18.2 Å². The largest absolute Gasteiger partial charge is 0.370 e. The van der Waals surface area contributed by atoms with Crippen molar-refractivity contribution in [2.75, 3.05) is 13.7 Å². The van der Waals surface area contributed by atoms with Gasteiger partial charge in [-0.15, -0.1) is 12.4 Å². The number of halogens is 2. The fourth-order valence-corrected chi connectivity index (χ4v) is 1.64. The van der Waals surface area contributed by atoms with Gasteiger partial charge in [-0.2, -0.15) is 4.98 Å². The third-order valence-electron chi connectivity index (χ3n) is 2.33. The first kappa shape index (κ1) is 14.9. The molecule has 0 radical (unpaired) electrons. The van der Waals surface area contributed by atoms with Crippen LogP contribution in [-0.4, -0.2) is 23.8 Å². The monoisotopic (exact) mass is 289 g/mol. The summed E-state index contributed by atoms with van der Waals surface area (Å²) in [5.41, 5.74) is 6.23. The third-order valence-corrected chi connectivity index (χ3v) is 2.66. The van der Waals surface area contributed by atoms with E-state index in [2.05, 4.69) is 10.1 Å². The predicted molar refractivity (Wildman–Crippen MR) is 70.8 cm³/mol. The number of rotatable bonds is 4. The SMILES string of the molecule is COC(CN)c1nc(-c2ccccc2Cl)no1.Cl. The lowest BCUT2D eigenvalue weighted by Gasteiger charge is -2.05. The maximum atomic E-state index is 6.04. The van der Waals surface area contributed by atoms with Crippen LogP contribution in [-0.2, 0) is 4.74 Å². The lowest BCUT2D eigenvalue weighted by atomic mass is 10.2. The molecule has 5 nitrogen and oxygen atoms in total. The molecule has 1 aromatic carbocycles. The van der Waals surface area contributed by atoms with Crippen molar-refractivity contribution < 1.29 is 9.26 Å². The van der Waals surface area contributed by atoms with Crippen LogP contribution in [0.1, 0.15) is 12.0 Å². The van der Waals surface area contributed by atoms with Gasteiger partial charge >= 0.3 is 0 Å². The van der Waals surface area contributed by atoms with Crippen molar-refractivity contribution in [2.24, 2.45) is 5.73 Å². The topological polar surface area (TPSA) is 74.2 Å². The lowest BCUT2D eigenvalue weighted by Crippen LogP contribution is -2.14. The molecule has 0 spiro atoms. The Morgan fingerprint density at radius 3 is 2.78 bits per heavy atom. The van der Waals surface area contributed by atoms with E-state index < -0.39 is 6.10 Å². The number of methoxy groups -OCH3 is 1. The van der Waals surface area contributed by atoms with Crippen molar-refractivity contribution >= 4 is 24.0 Å². The number of nitrogens with zero attached hydrogens (tertiary/aromatic N) is 2. The van der Waals surface area contributed by atoms with Gasteiger partial charge in [0.15, 0.2) is 0 Å². The molecule has 18 heavy (non-hydrogen) atoms. The zero-order valence-electron chi connectivity index (χ0n) is 9.67. The molecule has 0 aliphatic heterocycles. The predicted octanol–water partition coefficient (Wildman–Crippen LogP) is 2.46. The van der Waals surface area contributed by atoms with Gasteiger partial charge in [0, 0.05) is 19.2 Å². The summed E-state index contributed by atoms with van der Waals surface area (Å²) in [4.78, 5) is 4.22. The van der Waals surface area contributed by atoms with E-state index in [1.54, 1.807) is 6.07 Å². The van der Waals surface area contributed by atoms with E-state index in [0.29, 0.717) is 16.7 Å². The number of benzene rings is 1. The van der Waals surface area contributed by atoms with Crippen LogP contribution in [0.3, 0.4) is 0 Å². The van der Waals surface area contributed by atoms with Gasteiger partial charge in [-0.05, 0) is 12.1 Å². The van der Waals surface area contributed by atoms with Gasteiger partial charge in [-0.1, -0.05) is 28.9 Å². The molecule has 2 aromatic rings. The van der Waals surface area contributed by atoms with Gasteiger partial charge in [0.2, 0.25) is 5.82 Å². The molecule has 1 aromatic heterocycles. The Morgan fingerprint density at radius 1 is 1.44 bits per heavy atom. The number of nitrogens with two attached hydrogens (primary N) is 1. The second kappa shape index (κ2) is 6.70. The molecular weight excluding hydrogens is 277 g/mol. The minimum atomic E-state index is -0.390. The van der Waals surface area contributed by atoms with E-state index in [0.717, 1.165) is 5.56 Å². The fraction of sp³-hybridized carbons (Fsp3) is 0.273. The summed E-state index contributed by atoms with van der Waals surface area (Å²) in [6.45, 7) is 0.278. The zero-order valence-corrected chi connectivity index (χ0v) is 11.2. The smallest absolute Gasteiger partial charge is 0.257 e. The van der Waals surface area contributed by atoms with E-state index >= 15 is 0 Å². The van der Waals surface area contributed by atoms with Crippen LogP contribution in [0.25, 0.3) is 11.4 Å². The molecule has 0 aliphatic carbocycles. The van der Waals surface area contributed by atoms with Crippen molar-refractivity contribution in [3.8, 4) is 11.4 Å². The highest BCUT2D eigenvalue weighted by molar-refractivity contribution is 6.33. The summed E-state index contributed by atoms with van der Waals surface area (Å²) in [6.07, 6.45) is -0.390. The van der Waals surface area contributed by atoms with E-state index in [9.17, 15) is 0 Å². The molecule has 1 heterocycles. The molecule has 2 rings (SSSR count). The van der Waals surface area contributed by atoms with Gasteiger partial charge in [-0.3, -0.25) is 0 Å². The van der Waals surface area contributed by atoms with Crippen LogP contribution in [0.5, 0.6) is 0 Å². The third kappa shape index (κ3) is 3.00. The van der Waals surface area contributed by atoms with Crippen LogP contribution >= 0.6 is 24.0 Å². The van der Waals surface area contributed by atoms with Gasteiger partial charge in [-0.25, -0.2) is 0 Å². The second-order valence-corrected chi connectivity index (χ2v) is 3.80. The number of aromatic nitrogens is 2. The van der Waals surface area contributed by atoms with Crippen LogP contribution in [0.4, 0.5) is 0 Å². The van der Waals surface area contributed by atoms with Crippen LogP contribution < -0.4 is 5.73 Å². The van der Waals surface area contributed by atoms with Crippen LogP contribution in [0.2, 0.25) is 5.02 Å². The van der Waals surface area contributed by atoms with Crippen molar-refractivity contribution in [3.63, 3.8) is 0 Å². The average molecular weight is 290 g/mol. The van der Waals surface area contributed by atoms with Crippen molar-refractivity contribution in [2.45, 2.75) is 6.10 Å². The first-order valence-electron chi connectivity index (χ1n) is 5.07. The Morgan fingerprint density at radius 2 is 2.17 bits per heavy atom. The Labute approximate surface area is 116 Å². The normalized spacial score (nSPS) is 11.9. The van der Waals surface area contributed by atoms with Gasteiger partial charge in [0.1, 0.15) is 6.10 Å². The summed E-state index contributed by atoms with van der Waals surface area (Å²) in [5, 5.41) is 4.43. The number of hydrogen-bond donors (Lipinski definition) is 1. The summed E-state index contributed by atoms with van der Waals surface area (Å²) in [7, 11) is 1.54. The standard InChI is InChI=1S/C11H12ClN3O2.ClH/c1-16-9(6-13)11-14-10(15-17-11)7-4-2-3-5-8(7)12;/h2-5,9H,6,13H2,1H3;1H. The summed E-state index contributed by atoms with van der Waals surface area (Å²) in [6, 6.07) is 7.28. The summed E-state index contributed by atoms with van der Waals surface area (Å²) >= 11 is 6.04. The fourth-order valence-electron chi connectivity index (χ4n) is 1.42. The first-order valence-corrected chi connectivity index (χ1v) is 5.45. The lowest BCUT2D eigenvalue weighted by molar-refractivity contribution is 0.0804. The van der Waals surface area contributed by atoms with Crippen molar-refractivity contribution in [3.05, 3.63) is 35.2 Å². The summed E-state index contributed by atoms with van der Waals surface area (Å²) < 4.78 is 10.2.